The molecule has 0 aliphatic carbocycles. The van der Waals surface area contributed by atoms with Crippen LogP contribution in [0.3, 0.4) is 0 Å². The van der Waals surface area contributed by atoms with Crippen molar-refractivity contribution < 1.29 is 19.4 Å². The van der Waals surface area contributed by atoms with Gasteiger partial charge in [0, 0.05) is 20.6 Å². The van der Waals surface area contributed by atoms with Crippen LogP contribution in [0, 0.1) is 5.41 Å². The predicted octanol–water partition coefficient (Wildman–Crippen LogP) is 0.868. The fraction of sp³-hybridized carbons (Fsp3) is 0.833. The summed E-state index contributed by atoms with van der Waals surface area (Å²) in [5.74, 6) is -0.239. The fourth-order valence-corrected chi connectivity index (χ4v) is 2.14. The molecule has 0 aromatic heterocycles. The molecule has 0 spiro atoms. The second-order valence-electron chi connectivity index (χ2n) is 5.81. The van der Waals surface area contributed by atoms with Gasteiger partial charge < -0.3 is 14.7 Å². The second kappa shape index (κ2) is 5.14. The van der Waals surface area contributed by atoms with Gasteiger partial charge >= 0.3 is 6.09 Å². The molecule has 0 saturated carbocycles. The van der Waals surface area contributed by atoms with Crippen molar-refractivity contribution in [3.63, 3.8) is 0 Å². The van der Waals surface area contributed by atoms with E-state index in [9.17, 15) is 14.7 Å². The lowest BCUT2D eigenvalue weighted by atomic mass is 9.82. The summed E-state index contributed by atoms with van der Waals surface area (Å²) >= 11 is 0. The Morgan fingerprint density at radius 3 is 2.28 bits per heavy atom. The molecule has 1 fully saturated rings. The number of likely N-dealkylation sites (N-methyl/N-ethyl adjacent to an activating group) is 1. The molecule has 1 unspecified atom stereocenters. The van der Waals surface area contributed by atoms with Gasteiger partial charge in [-0.3, -0.25) is 9.69 Å². The topological polar surface area (TPSA) is 70.1 Å². The highest BCUT2D eigenvalue weighted by atomic mass is 16.5. The smallest absolute Gasteiger partial charge is 0.408 e. The molecular weight excluding hydrogens is 236 g/mol. The van der Waals surface area contributed by atoms with Crippen molar-refractivity contribution in [2.75, 3.05) is 27.2 Å². The summed E-state index contributed by atoms with van der Waals surface area (Å²) in [4.78, 5) is 26.1. The Morgan fingerprint density at radius 1 is 1.33 bits per heavy atom. The third-order valence-corrected chi connectivity index (χ3v) is 3.05. The molecule has 1 aliphatic heterocycles. The molecule has 1 aliphatic rings. The Bertz CT molecular complexity index is 335. The molecule has 6 heteroatoms. The van der Waals surface area contributed by atoms with E-state index in [1.54, 1.807) is 14.1 Å². The number of rotatable bonds is 1. The van der Waals surface area contributed by atoms with Gasteiger partial charge in [-0.25, -0.2) is 4.79 Å². The zero-order valence-electron chi connectivity index (χ0n) is 11.6. The van der Waals surface area contributed by atoms with Gasteiger partial charge in [-0.1, -0.05) is 20.8 Å². The Morgan fingerprint density at radius 2 is 1.89 bits per heavy atom. The monoisotopic (exact) mass is 258 g/mol. The van der Waals surface area contributed by atoms with Crippen molar-refractivity contribution in [2.24, 2.45) is 5.41 Å². The molecule has 0 bridgehead atoms. The maximum Gasteiger partial charge on any atom is 0.408 e. The van der Waals surface area contributed by atoms with Crippen LogP contribution in [0.25, 0.3) is 0 Å². The highest BCUT2D eigenvalue weighted by molar-refractivity contribution is 5.86. The number of carbonyl (C=O) groups excluding carboxylic acids is 1. The minimum atomic E-state index is -1.08. The first-order valence-corrected chi connectivity index (χ1v) is 5.98. The zero-order valence-corrected chi connectivity index (χ0v) is 11.6. The second-order valence-corrected chi connectivity index (χ2v) is 5.81. The van der Waals surface area contributed by atoms with Crippen molar-refractivity contribution in [2.45, 2.75) is 32.9 Å². The highest BCUT2D eigenvalue weighted by Crippen LogP contribution is 2.30. The minimum Gasteiger partial charge on any atom is -0.465 e. The van der Waals surface area contributed by atoms with Crippen LogP contribution in [0.2, 0.25) is 0 Å². The number of carboxylic acid groups (broad SMARTS) is 1. The van der Waals surface area contributed by atoms with E-state index in [4.69, 9.17) is 4.74 Å². The number of morpholine rings is 1. The summed E-state index contributed by atoms with van der Waals surface area (Å²) in [6.07, 6.45) is -1.51. The van der Waals surface area contributed by atoms with Crippen molar-refractivity contribution >= 4 is 12.0 Å². The Hall–Kier alpha value is -1.30. The van der Waals surface area contributed by atoms with Crippen LogP contribution in [-0.2, 0) is 9.53 Å². The number of hydrogen-bond acceptors (Lipinski definition) is 3. The number of hydrogen-bond donors (Lipinski definition) is 1. The standard InChI is InChI=1S/C12H22N2O4/c1-12(2,3)9-8(10(15)13(4)5)14(11(16)17)6-7-18-9/h8-9H,6-7H2,1-5H3,(H,16,17)/t8-,9?/m0/s1. The predicted molar refractivity (Wildman–Crippen MR) is 66.4 cm³/mol. The molecule has 0 aromatic rings. The van der Waals surface area contributed by atoms with Crippen molar-refractivity contribution in [1.29, 1.82) is 0 Å². The lowest BCUT2D eigenvalue weighted by molar-refractivity contribution is -0.155. The Labute approximate surface area is 107 Å². The average Bonchev–Trinajstić information content (AvgIpc) is 2.25. The maximum atomic E-state index is 12.2. The fourth-order valence-electron chi connectivity index (χ4n) is 2.14. The Kier molecular flexibility index (Phi) is 4.21. The molecule has 18 heavy (non-hydrogen) atoms. The summed E-state index contributed by atoms with van der Waals surface area (Å²) in [6, 6.07) is -0.772. The van der Waals surface area contributed by atoms with E-state index in [0.717, 1.165) is 0 Å². The Balaban J connectivity index is 3.09. The quantitative estimate of drug-likeness (QED) is 0.757. The van der Waals surface area contributed by atoms with Crippen molar-refractivity contribution in [3.05, 3.63) is 0 Å². The van der Waals surface area contributed by atoms with Gasteiger partial charge in [0.2, 0.25) is 5.91 Å². The summed E-state index contributed by atoms with van der Waals surface area (Å²) in [6.45, 7) is 6.38. The lowest BCUT2D eigenvalue weighted by Gasteiger charge is -2.44. The summed E-state index contributed by atoms with van der Waals surface area (Å²) in [5.41, 5.74) is -0.301. The van der Waals surface area contributed by atoms with Gasteiger partial charge in [0.1, 0.15) is 6.04 Å². The number of nitrogens with zero attached hydrogens (tertiary/aromatic N) is 2. The zero-order chi connectivity index (χ0) is 14.1. The van der Waals surface area contributed by atoms with E-state index in [1.165, 1.54) is 9.80 Å². The first kappa shape index (κ1) is 14.8. The van der Waals surface area contributed by atoms with Crippen LogP contribution in [0.5, 0.6) is 0 Å². The van der Waals surface area contributed by atoms with E-state index in [2.05, 4.69) is 0 Å². The van der Waals surface area contributed by atoms with Crippen LogP contribution in [0.15, 0.2) is 0 Å². The maximum absolute atomic E-state index is 12.2. The number of amides is 2. The summed E-state index contributed by atoms with van der Waals surface area (Å²) < 4.78 is 5.65. The van der Waals surface area contributed by atoms with E-state index in [1.807, 2.05) is 20.8 Å². The van der Waals surface area contributed by atoms with Gasteiger partial charge in [-0.15, -0.1) is 0 Å². The van der Waals surface area contributed by atoms with E-state index >= 15 is 0 Å². The molecule has 1 saturated heterocycles. The molecule has 2 amide bonds. The molecular formula is C12H22N2O4. The normalized spacial score (nSPS) is 24.8. The van der Waals surface area contributed by atoms with Crippen LogP contribution in [-0.4, -0.2) is 66.3 Å². The van der Waals surface area contributed by atoms with Gasteiger partial charge in [0.15, 0.2) is 0 Å². The molecule has 1 heterocycles. The largest absolute Gasteiger partial charge is 0.465 e. The number of carbonyl (C=O) groups is 2. The van der Waals surface area contributed by atoms with Crippen molar-refractivity contribution in [3.8, 4) is 0 Å². The SMILES string of the molecule is CN(C)C(=O)[C@@H]1C(C(C)(C)C)OCCN1C(=O)O. The summed E-state index contributed by atoms with van der Waals surface area (Å²) in [7, 11) is 3.24. The third-order valence-electron chi connectivity index (χ3n) is 3.05. The van der Waals surface area contributed by atoms with E-state index < -0.39 is 18.2 Å². The van der Waals surface area contributed by atoms with Crippen LogP contribution >= 0.6 is 0 Å². The average molecular weight is 258 g/mol. The van der Waals surface area contributed by atoms with E-state index in [0.29, 0.717) is 6.61 Å². The van der Waals surface area contributed by atoms with Gasteiger partial charge in [0.05, 0.1) is 12.7 Å². The first-order chi connectivity index (χ1) is 8.16. The molecule has 104 valence electrons. The van der Waals surface area contributed by atoms with Gasteiger partial charge in [-0.2, -0.15) is 0 Å². The van der Waals surface area contributed by atoms with Crippen LogP contribution in [0.4, 0.5) is 4.79 Å². The molecule has 0 radical (unpaired) electrons. The lowest BCUT2D eigenvalue weighted by Crippen LogP contribution is -2.62. The van der Waals surface area contributed by atoms with Gasteiger partial charge in [-0.05, 0) is 5.41 Å². The number of ether oxygens (including phenoxy) is 1. The third kappa shape index (κ3) is 2.93. The van der Waals surface area contributed by atoms with E-state index in [-0.39, 0.29) is 17.9 Å². The summed E-state index contributed by atoms with van der Waals surface area (Å²) in [5, 5.41) is 9.22. The van der Waals surface area contributed by atoms with Crippen molar-refractivity contribution in [1.82, 2.24) is 9.80 Å². The molecule has 2 atom stereocenters. The molecule has 6 nitrogen and oxygen atoms in total. The molecule has 1 N–H and O–H groups in total. The van der Waals surface area contributed by atoms with Crippen LogP contribution in [0.1, 0.15) is 20.8 Å². The highest BCUT2D eigenvalue weighted by Gasteiger charge is 2.46. The molecule has 1 rings (SSSR count). The minimum absolute atomic E-state index is 0.228. The van der Waals surface area contributed by atoms with Crippen LogP contribution < -0.4 is 0 Å². The van der Waals surface area contributed by atoms with Gasteiger partial charge in [0.25, 0.3) is 0 Å². The first-order valence-electron chi connectivity index (χ1n) is 5.98. The molecule has 0 aromatic carbocycles.